The predicted molar refractivity (Wildman–Crippen MR) is 100 cm³/mol. The second kappa shape index (κ2) is 6.60. The number of nitrogens with one attached hydrogen (secondary N) is 2. The number of anilines is 1. The SMILES string of the molecule is Cc1cc(S(=O)(=O)NCCNc2ccc3nnc(C4CC4)n3n2)c(C)s1. The molecular weight excluding hydrogens is 372 g/mol. The fraction of sp³-hybridized carbons (Fsp3) is 0.438. The predicted octanol–water partition coefficient (Wildman–Crippen LogP) is 2.07. The molecule has 138 valence electrons. The molecule has 3 aromatic heterocycles. The Morgan fingerprint density at radius 1 is 1.23 bits per heavy atom. The van der Waals surface area contributed by atoms with E-state index in [4.69, 9.17) is 0 Å². The number of nitrogens with zero attached hydrogens (tertiary/aromatic N) is 4. The molecule has 0 aliphatic heterocycles. The van der Waals surface area contributed by atoms with Gasteiger partial charge in [0.05, 0.1) is 4.90 Å². The number of thiophene rings is 1. The number of aryl methyl sites for hydroxylation is 2. The molecule has 1 saturated carbocycles. The molecule has 26 heavy (non-hydrogen) atoms. The summed E-state index contributed by atoms with van der Waals surface area (Å²) in [4.78, 5) is 2.15. The van der Waals surface area contributed by atoms with E-state index in [1.54, 1.807) is 10.6 Å². The number of hydrogen-bond acceptors (Lipinski definition) is 7. The molecule has 1 aliphatic carbocycles. The van der Waals surface area contributed by atoms with Gasteiger partial charge in [0.15, 0.2) is 11.5 Å². The van der Waals surface area contributed by atoms with Crippen molar-refractivity contribution < 1.29 is 8.42 Å². The minimum absolute atomic E-state index is 0.272. The maximum atomic E-state index is 12.4. The first-order valence-electron chi connectivity index (χ1n) is 8.47. The van der Waals surface area contributed by atoms with Gasteiger partial charge in [-0.15, -0.1) is 26.6 Å². The first-order valence-corrected chi connectivity index (χ1v) is 10.8. The van der Waals surface area contributed by atoms with E-state index in [9.17, 15) is 8.42 Å². The summed E-state index contributed by atoms with van der Waals surface area (Å²) in [6.07, 6.45) is 2.26. The Morgan fingerprint density at radius 2 is 2.04 bits per heavy atom. The molecule has 1 aliphatic rings. The Kier molecular flexibility index (Phi) is 4.41. The Bertz CT molecular complexity index is 1050. The Balaban J connectivity index is 1.38. The lowest BCUT2D eigenvalue weighted by Gasteiger charge is -2.08. The molecule has 3 heterocycles. The van der Waals surface area contributed by atoms with Gasteiger partial charge in [-0.3, -0.25) is 0 Å². The molecule has 0 unspecified atom stereocenters. The summed E-state index contributed by atoms with van der Waals surface area (Å²) >= 11 is 1.48. The summed E-state index contributed by atoms with van der Waals surface area (Å²) in [7, 11) is -3.49. The van der Waals surface area contributed by atoms with Gasteiger partial charge >= 0.3 is 0 Å². The van der Waals surface area contributed by atoms with Crippen LogP contribution in [0.25, 0.3) is 5.65 Å². The second-order valence-corrected chi connectivity index (χ2v) is 9.62. The smallest absolute Gasteiger partial charge is 0.241 e. The lowest BCUT2D eigenvalue weighted by molar-refractivity contribution is 0.582. The van der Waals surface area contributed by atoms with Crippen LogP contribution < -0.4 is 10.0 Å². The zero-order chi connectivity index (χ0) is 18.3. The molecule has 1 fully saturated rings. The van der Waals surface area contributed by atoms with Crippen molar-refractivity contribution in [2.45, 2.75) is 37.5 Å². The highest BCUT2D eigenvalue weighted by Crippen LogP contribution is 2.38. The topological polar surface area (TPSA) is 101 Å². The van der Waals surface area contributed by atoms with Crippen LogP contribution in [0.2, 0.25) is 0 Å². The van der Waals surface area contributed by atoms with Crippen molar-refractivity contribution in [2.75, 3.05) is 18.4 Å². The van der Waals surface area contributed by atoms with Gasteiger partial charge in [0.1, 0.15) is 5.82 Å². The fourth-order valence-electron chi connectivity index (χ4n) is 2.82. The molecule has 0 amide bonds. The second-order valence-electron chi connectivity index (χ2n) is 6.42. The average molecular weight is 393 g/mol. The van der Waals surface area contributed by atoms with Gasteiger partial charge in [-0.25, -0.2) is 13.1 Å². The van der Waals surface area contributed by atoms with E-state index in [1.807, 2.05) is 26.0 Å². The Hall–Kier alpha value is -2.04. The number of fused-ring (bicyclic) bond motifs is 1. The summed E-state index contributed by atoms with van der Waals surface area (Å²) < 4.78 is 29.1. The molecule has 0 bridgehead atoms. The maximum absolute atomic E-state index is 12.4. The van der Waals surface area contributed by atoms with Gasteiger partial charge in [0.2, 0.25) is 10.0 Å². The molecule has 0 radical (unpaired) electrons. The maximum Gasteiger partial charge on any atom is 0.241 e. The standard InChI is InChI=1S/C16H20N6O2S2/c1-10-9-13(11(2)25-10)26(23,24)18-8-7-17-14-5-6-15-19-20-16(12-3-4-12)22(15)21-14/h5-6,9,12,18H,3-4,7-8H2,1-2H3,(H,17,21). The zero-order valence-electron chi connectivity index (χ0n) is 14.6. The van der Waals surface area contributed by atoms with Crippen LogP contribution in [0.15, 0.2) is 23.1 Å². The van der Waals surface area contributed by atoms with Crippen LogP contribution in [0.3, 0.4) is 0 Å². The summed E-state index contributed by atoms with van der Waals surface area (Å²) in [6, 6.07) is 5.38. The third-order valence-electron chi connectivity index (χ3n) is 4.24. The van der Waals surface area contributed by atoms with E-state index in [-0.39, 0.29) is 6.54 Å². The largest absolute Gasteiger partial charge is 0.367 e. The zero-order valence-corrected chi connectivity index (χ0v) is 16.2. The molecule has 0 saturated heterocycles. The summed E-state index contributed by atoms with van der Waals surface area (Å²) in [5, 5.41) is 16.0. The molecular formula is C16H20N6O2S2. The molecule has 4 rings (SSSR count). The van der Waals surface area contributed by atoms with E-state index in [0.29, 0.717) is 23.2 Å². The van der Waals surface area contributed by atoms with Gasteiger partial charge in [-0.05, 0) is 44.9 Å². The van der Waals surface area contributed by atoms with Crippen molar-refractivity contribution in [1.82, 2.24) is 24.5 Å². The molecule has 3 aromatic rings. The highest BCUT2D eigenvalue weighted by atomic mass is 32.2. The summed E-state index contributed by atoms with van der Waals surface area (Å²) in [6.45, 7) is 4.43. The first-order chi connectivity index (χ1) is 12.4. The normalized spacial score (nSPS) is 14.8. The van der Waals surface area contributed by atoms with E-state index in [2.05, 4.69) is 25.3 Å². The van der Waals surface area contributed by atoms with Gasteiger partial charge < -0.3 is 5.32 Å². The lowest BCUT2D eigenvalue weighted by Crippen LogP contribution is -2.29. The van der Waals surface area contributed by atoms with Gasteiger partial charge in [0, 0.05) is 28.8 Å². The number of sulfonamides is 1. The van der Waals surface area contributed by atoms with Gasteiger partial charge in [-0.2, -0.15) is 4.52 Å². The minimum atomic E-state index is -3.49. The molecule has 8 nitrogen and oxygen atoms in total. The van der Waals surface area contributed by atoms with E-state index in [1.165, 1.54) is 11.3 Å². The van der Waals surface area contributed by atoms with Gasteiger partial charge in [0.25, 0.3) is 0 Å². The molecule has 2 N–H and O–H groups in total. The third kappa shape index (κ3) is 3.44. The van der Waals surface area contributed by atoms with Crippen molar-refractivity contribution in [3.63, 3.8) is 0 Å². The first kappa shape index (κ1) is 17.4. The minimum Gasteiger partial charge on any atom is -0.367 e. The van der Waals surface area contributed by atoms with Crippen LogP contribution in [0, 0.1) is 13.8 Å². The van der Waals surface area contributed by atoms with Crippen molar-refractivity contribution in [3.05, 3.63) is 33.8 Å². The highest BCUT2D eigenvalue weighted by molar-refractivity contribution is 7.89. The van der Waals surface area contributed by atoms with Gasteiger partial charge in [-0.1, -0.05) is 0 Å². The molecule has 10 heteroatoms. The molecule has 0 spiro atoms. The van der Waals surface area contributed by atoms with E-state index < -0.39 is 10.0 Å². The monoisotopic (exact) mass is 392 g/mol. The van der Waals surface area contributed by atoms with Crippen molar-refractivity contribution in [1.29, 1.82) is 0 Å². The molecule has 0 atom stereocenters. The van der Waals surface area contributed by atoms with Crippen LogP contribution >= 0.6 is 11.3 Å². The highest BCUT2D eigenvalue weighted by Gasteiger charge is 2.29. The van der Waals surface area contributed by atoms with Crippen molar-refractivity contribution >= 4 is 32.8 Å². The summed E-state index contributed by atoms with van der Waals surface area (Å²) in [5.41, 5.74) is 0.724. The van der Waals surface area contributed by atoms with Crippen LogP contribution in [0.1, 0.15) is 34.3 Å². The van der Waals surface area contributed by atoms with E-state index >= 15 is 0 Å². The fourth-order valence-corrected chi connectivity index (χ4v) is 5.41. The number of rotatable bonds is 7. The van der Waals surface area contributed by atoms with Crippen LogP contribution in [-0.2, 0) is 10.0 Å². The summed E-state index contributed by atoms with van der Waals surface area (Å²) in [5.74, 6) is 2.02. The van der Waals surface area contributed by atoms with Crippen molar-refractivity contribution in [2.24, 2.45) is 0 Å². The van der Waals surface area contributed by atoms with Crippen LogP contribution in [-0.4, -0.2) is 41.3 Å². The molecule has 0 aromatic carbocycles. The number of hydrogen-bond donors (Lipinski definition) is 2. The average Bonchev–Trinajstić information content (AvgIpc) is 3.26. The Morgan fingerprint density at radius 3 is 2.73 bits per heavy atom. The quantitative estimate of drug-likeness (QED) is 0.597. The lowest BCUT2D eigenvalue weighted by atomic mass is 10.4. The van der Waals surface area contributed by atoms with Crippen molar-refractivity contribution in [3.8, 4) is 0 Å². The Labute approximate surface area is 155 Å². The van der Waals surface area contributed by atoms with Crippen LogP contribution in [0.4, 0.5) is 5.82 Å². The van der Waals surface area contributed by atoms with E-state index in [0.717, 1.165) is 34.1 Å². The third-order valence-corrected chi connectivity index (χ3v) is 6.92. The van der Waals surface area contributed by atoms with Crippen LogP contribution in [0.5, 0.6) is 0 Å². The number of aromatic nitrogens is 4.